The fourth-order valence-corrected chi connectivity index (χ4v) is 4.17. The molecule has 4 rings (SSSR count). The van der Waals surface area contributed by atoms with Gasteiger partial charge in [0.15, 0.2) is 5.78 Å². The van der Waals surface area contributed by atoms with Crippen molar-refractivity contribution < 1.29 is 4.79 Å². The Kier molecular flexibility index (Phi) is 4.84. The minimum atomic E-state index is -0.176. The maximum absolute atomic E-state index is 13.4. The van der Waals surface area contributed by atoms with Gasteiger partial charge < -0.3 is 4.57 Å². The molecule has 5 heteroatoms. The molecule has 0 aliphatic heterocycles. The normalized spacial score (nSPS) is 18.2. The highest BCUT2D eigenvalue weighted by Gasteiger charge is 2.34. The SMILES string of the molecule is O=C1c2ccccc2CCCC1C(c1ccc(Cl)c(Cl)c1)n1ccnc1. The topological polar surface area (TPSA) is 34.9 Å². The number of Topliss-reactive ketones (excluding diaryl/α,β-unsaturated/α-hetero) is 1. The number of carbonyl (C=O) groups excluding carboxylic acids is 1. The van der Waals surface area contributed by atoms with Crippen molar-refractivity contribution in [2.75, 3.05) is 0 Å². The van der Waals surface area contributed by atoms with Crippen molar-refractivity contribution in [3.63, 3.8) is 0 Å². The molecule has 0 spiro atoms. The van der Waals surface area contributed by atoms with Crippen molar-refractivity contribution in [1.82, 2.24) is 9.55 Å². The fraction of sp³-hybridized carbons (Fsp3) is 0.238. The largest absolute Gasteiger partial charge is 0.329 e. The third kappa shape index (κ3) is 3.17. The van der Waals surface area contributed by atoms with Crippen LogP contribution in [0.2, 0.25) is 10.0 Å². The van der Waals surface area contributed by atoms with Crippen LogP contribution in [0.15, 0.2) is 61.2 Å². The molecule has 0 saturated heterocycles. The van der Waals surface area contributed by atoms with E-state index in [2.05, 4.69) is 11.1 Å². The molecule has 0 radical (unpaired) electrons. The zero-order valence-electron chi connectivity index (χ0n) is 14.1. The van der Waals surface area contributed by atoms with Gasteiger partial charge in [0, 0.05) is 23.9 Å². The lowest BCUT2D eigenvalue weighted by atomic mass is 9.84. The summed E-state index contributed by atoms with van der Waals surface area (Å²) in [5.74, 6) is 0.00737. The van der Waals surface area contributed by atoms with E-state index in [4.69, 9.17) is 23.2 Å². The van der Waals surface area contributed by atoms with E-state index in [1.54, 1.807) is 18.6 Å². The molecule has 3 nitrogen and oxygen atoms in total. The Balaban J connectivity index is 1.81. The lowest BCUT2D eigenvalue weighted by Gasteiger charge is -2.27. The average Bonchev–Trinajstić information content (AvgIpc) is 3.12. The molecular formula is C21H18Cl2N2O. The van der Waals surface area contributed by atoms with Gasteiger partial charge in [-0.15, -0.1) is 0 Å². The Morgan fingerprint density at radius 2 is 1.96 bits per heavy atom. The van der Waals surface area contributed by atoms with E-state index in [1.165, 1.54) is 0 Å². The van der Waals surface area contributed by atoms with Gasteiger partial charge in [0.2, 0.25) is 0 Å². The van der Waals surface area contributed by atoms with Crippen LogP contribution in [0.5, 0.6) is 0 Å². The van der Waals surface area contributed by atoms with Crippen LogP contribution in [0, 0.1) is 5.92 Å². The fourth-order valence-electron chi connectivity index (χ4n) is 3.87. The maximum Gasteiger partial charge on any atom is 0.168 e. The number of rotatable bonds is 3. The summed E-state index contributed by atoms with van der Waals surface area (Å²) in [6.45, 7) is 0. The second-order valence-corrected chi connectivity index (χ2v) is 7.46. The molecule has 0 bridgehead atoms. The Morgan fingerprint density at radius 3 is 2.73 bits per heavy atom. The summed E-state index contributed by atoms with van der Waals surface area (Å²) in [7, 11) is 0. The van der Waals surface area contributed by atoms with Crippen molar-refractivity contribution in [3.05, 3.63) is 87.9 Å². The van der Waals surface area contributed by atoms with Crippen molar-refractivity contribution in [1.29, 1.82) is 0 Å². The van der Waals surface area contributed by atoms with Crippen molar-refractivity contribution in [3.8, 4) is 0 Å². The number of nitrogens with zero attached hydrogens (tertiary/aromatic N) is 2. The average molecular weight is 385 g/mol. The van der Waals surface area contributed by atoms with E-state index in [0.29, 0.717) is 10.0 Å². The first kappa shape index (κ1) is 17.3. The molecule has 1 aromatic heterocycles. The van der Waals surface area contributed by atoms with E-state index < -0.39 is 0 Å². The van der Waals surface area contributed by atoms with Crippen LogP contribution in [0.25, 0.3) is 0 Å². The first-order chi connectivity index (χ1) is 12.6. The highest BCUT2D eigenvalue weighted by atomic mass is 35.5. The number of ketones is 1. The summed E-state index contributed by atoms with van der Waals surface area (Å²) >= 11 is 12.4. The second-order valence-electron chi connectivity index (χ2n) is 6.65. The monoisotopic (exact) mass is 384 g/mol. The molecule has 2 unspecified atom stereocenters. The first-order valence-corrected chi connectivity index (χ1v) is 9.45. The summed E-state index contributed by atoms with van der Waals surface area (Å²) in [6.07, 6.45) is 8.11. The number of imidazole rings is 1. The van der Waals surface area contributed by atoms with E-state index in [-0.39, 0.29) is 17.7 Å². The second kappa shape index (κ2) is 7.26. The maximum atomic E-state index is 13.4. The van der Waals surface area contributed by atoms with Gasteiger partial charge >= 0.3 is 0 Å². The summed E-state index contributed by atoms with van der Waals surface area (Å²) in [5, 5.41) is 1.01. The molecule has 0 fully saturated rings. The molecular weight excluding hydrogens is 367 g/mol. The predicted molar refractivity (Wildman–Crippen MR) is 104 cm³/mol. The van der Waals surface area contributed by atoms with Crippen LogP contribution < -0.4 is 0 Å². The van der Waals surface area contributed by atoms with E-state index >= 15 is 0 Å². The third-order valence-corrected chi connectivity index (χ3v) is 5.83. The van der Waals surface area contributed by atoms with E-state index in [1.807, 2.05) is 41.1 Å². The van der Waals surface area contributed by atoms with Crippen molar-refractivity contribution >= 4 is 29.0 Å². The Hall–Kier alpha value is -2.10. The molecule has 0 saturated carbocycles. The molecule has 2 aromatic carbocycles. The minimum Gasteiger partial charge on any atom is -0.329 e. The zero-order chi connectivity index (χ0) is 18.1. The predicted octanol–water partition coefficient (Wildman–Crippen LogP) is 5.61. The number of fused-ring (bicyclic) bond motifs is 1. The molecule has 132 valence electrons. The van der Waals surface area contributed by atoms with Gasteiger partial charge in [0.05, 0.1) is 22.4 Å². The van der Waals surface area contributed by atoms with Gasteiger partial charge in [-0.2, -0.15) is 0 Å². The van der Waals surface area contributed by atoms with Crippen LogP contribution in [-0.4, -0.2) is 15.3 Å². The number of aromatic nitrogens is 2. The standard InChI is InChI=1S/C21H18Cl2N2O/c22-18-9-8-15(12-19(18)23)20(25-11-10-24-13-25)17-7-3-5-14-4-1-2-6-16(14)21(17)26/h1-2,4,6,8-13,17,20H,3,5,7H2. The molecule has 3 aromatic rings. The summed E-state index contributed by atoms with van der Waals surface area (Å²) < 4.78 is 2.00. The number of carbonyl (C=O) groups is 1. The smallest absolute Gasteiger partial charge is 0.168 e. The molecule has 1 aliphatic rings. The lowest BCUT2D eigenvalue weighted by Crippen LogP contribution is -2.27. The van der Waals surface area contributed by atoms with E-state index in [9.17, 15) is 4.79 Å². The zero-order valence-corrected chi connectivity index (χ0v) is 15.6. The van der Waals surface area contributed by atoms with Gasteiger partial charge in [0.1, 0.15) is 0 Å². The van der Waals surface area contributed by atoms with Gasteiger partial charge in [0.25, 0.3) is 0 Å². The van der Waals surface area contributed by atoms with Gasteiger partial charge in [-0.3, -0.25) is 4.79 Å². The molecule has 0 amide bonds. The highest BCUT2D eigenvalue weighted by molar-refractivity contribution is 6.42. The number of hydrogen-bond donors (Lipinski definition) is 0. The molecule has 1 aliphatic carbocycles. The summed E-state index contributed by atoms with van der Waals surface area (Å²) in [4.78, 5) is 17.6. The van der Waals surface area contributed by atoms with Crippen LogP contribution in [0.4, 0.5) is 0 Å². The van der Waals surface area contributed by atoms with Crippen LogP contribution >= 0.6 is 23.2 Å². The molecule has 26 heavy (non-hydrogen) atoms. The Labute approximate surface area is 162 Å². The van der Waals surface area contributed by atoms with Gasteiger partial charge in [-0.25, -0.2) is 4.98 Å². The van der Waals surface area contributed by atoms with Crippen molar-refractivity contribution in [2.24, 2.45) is 5.92 Å². The van der Waals surface area contributed by atoms with Gasteiger partial charge in [-0.1, -0.05) is 53.5 Å². The third-order valence-electron chi connectivity index (χ3n) is 5.09. The van der Waals surface area contributed by atoms with Crippen LogP contribution in [0.3, 0.4) is 0 Å². The summed E-state index contributed by atoms with van der Waals surface area (Å²) in [5.41, 5.74) is 2.94. The summed E-state index contributed by atoms with van der Waals surface area (Å²) in [6, 6.07) is 13.4. The number of aryl methyl sites for hydroxylation is 1. The number of hydrogen-bond acceptors (Lipinski definition) is 2. The number of halogens is 2. The van der Waals surface area contributed by atoms with Crippen molar-refractivity contribution in [2.45, 2.75) is 25.3 Å². The highest BCUT2D eigenvalue weighted by Crippen LogP contribution is 2.37. The molecule has 0 N–H and O–H groups in total. The minimum absolute atomic E-state index is 0.161. The van der Waals surface area contributed by atoms with Crippen LogP contribution in [-0.2, 0) is 6.42 Å². The number of benzene rings is 2. The molecule has 2 atom stereocenters. The van der Waals surface area contributed by atoms with E-state index in [0.717, 1.165) is 36.0 Å². The first-order valence-electron chi connectivity index (χ1n) is 8.69. The molecule has 1 heterocycles. The van der Waals surface area contributed by atoms with Crippen LogP contribution in [0.1, 0.15) is 40.4 Å². The lowest BCUT2D eigenvalue weighted by molar-refractivity contribution is 0.0884. The quantitative estimate of drug-likeness (QED) is 0.549. The Bertz CT molecular complexity index is 937. The Morgan fingerprint density at radius 1 is 1.12 bits per heavy atom. The van der Waals surface area contributed by atoms with Gasteiger partial charge in [-0.05, 0) is 42.5 Å².